The number of hydrogen-bond acceptors (Lipinski definition) is 4. The molecule has 47 heavy (non-hydrogen) atoms. The average molecular weight is 668 g/mol. The highest BCUT2D eigenvalue weighted by atomic mass is 32.2. The number of likely N-dealkylation sites (N-methyl/N-ethyl adjacent to an activating group) is 1. The SMILES string of the molecule is CCN1C(=O)[C@H](NC(=O)c2cccc(C(F)(F)F)c2)[C@H](c2ccc(F)cc2)c2c(/C(C)=N/[S@@](=O)C(C)(C)C)nn(-c3ccccc3)c21. The largest absolute Gasteiger partial charge is 0.416 e. The highest BCUT2D eigenvalue weighted by Crippen LogP contribution is 2.44. The minimum absolute atomic E-state index is 0.139. The Morgan fingerprint density at radius 1 is 1.00 bits per heavy atom. The van der Waals surface area contributed by atoms with Crippen molar-refractivity contribution in [3.05, 3.63) is 113 Å². The Labute approximate surface area is 272 Å². The Morgan fingerprint density at radius 2 is 1.66 bits per heavy atom. The van der Waals surface area contributed by atoms with E-state index >= 15 is 0 Å². The number of nitrogens with one attached hydrogen (secondary N) is 1. The van der Waals surface area contributed by atoms with Crippen LogP contribution in [-0.4, -0.2) is 48.8 Å². The molecule has 1 aliphatic rings. The number of amides is 2. The number of anilines is 1. The fourth-order valence-corrected chi connectivity index (χ4v) is 6.02. The molecule has 0 fully saturated rings. The van der Waals surface area contributed by atoms with E-state index in [0.717, 1.165) is 18.2 Å². The van der Waals surface area contributed by atoms with Crippen molar-refractivity contribution in [2.24, 2.45) is 4.40 Å². The number of aromatic nitrogens is 2. The number of benzene rings is 3. The van der Waals surface area contributed by atoms with Crippen molar-refractivity contribution in [1.29, 1.82) is 0 Å². The molecule has 0 saturated heterocycles. The molecular weight excluding hydrogens is 634 g/mol. The molecule has 0 saturated carbocycles. The van der Waals surface area contributed by atoms with Gasteiger partial charge in [-0.25, -0.2) is 13.3 Å². The number of carbonyl (C=O) groups is 2. The van der Waals surface area contributed by atoms with E-state index in [1.54, 1.807) is 63.6 Å². The smallest absolute Gasteiger partial charge is 0.339 e. The van der Waals surface area contributed by atoms with Crippen LogP contribution in [0, 0.1) is 5.82 Å². The lowest BCUT2D eigenvalue weighted by atomic mass is 9.80. The van der Waals surface area contributed by atoms with Crippen LogP contribution >= 0.6 is 0 Å². The van der Waals surface area contributed by atoms with Crippen molar-refractivity contribution in [1.82, 2.24) is 15.1 Å². The lowest BCUT2D eigenvalue weighted by Crippen LogP contribution is -2.55. The Bertz CT molecular complexity index is 1870. The van der Waals surface area contributed by atoms with E-state index < -0.39 is 57.1 Å². The van der Waals surface area contributed by atoms with Crippen LogP contribution in [0.2, 0.25) is 0 Å². The molecule has 8 nitrogen and oxygen atoms in total. The van der Waals surface area contributed by atoms with E-state index in [9.17, 15) is 31.4 Å². The molecule has 0 unspecified atom stereocenters. The fourth-order valence-electron chi connectivity index (χ4n) is 5.41. The number of para-hydroxylation sites is 1. The third kappa shape index (κ3) is 6.76. The predicted molar refractivity (Wildman–Crippen MR) is 173 cm³/mol. The van der Waals surface area contributed by atoms with Gasteiger partial charge in [0.25, 0.3) is 11.8 Å². The first-order chi connectivity index (χ1) is 22.1. The second kappa shape index (κ2) is 12.9. The van der Waals surface area contributed by atoms with Crippen LogP contribution in [0.25, 0.3) is 5.69 Å². The van der Waals surface area contributed by atoms with Gasteiger partial charge in [-0.1, -0.05) is 36.4 Å². The van der Waals surface area contributed by atoms with E-state index in [4.69, 9.17) is 5.10 Å². The first kappa shape index (κ1) is 33.7. The lowest BCUT2D eigenvalue weighted by Gasteiger charge is -2.38. The van der Waals surface area contributed by atoms with Gasteiger partial charge in [0.15, 0.2) is 0 Å². The zero-order valence-corrected chi connectivity index (χ0v) is 27.1. The first-order valence-electron chi connectivity index (χ1n) is 14.8. The maximum absolute atomic E-state index is 14.4. The van der Waals surface area contributed by atoms with Crippen LogP contribution in [0.5, 0.6) is 0 Å². The monoisotopic (exact) mass is 667 g/mol. The van der Waals surface area contributed by atoms with E-state index in [1.165, 1.54) is 35.2 Å². The fraction of sp³-hybridized carbons (Fsp3) is 0.294. The van der Waals surface area contributed by atoms with Gasteiger partial charge in [0, 0.05) is 23.6 Å². The van der Waals surface area contributed by atoms with E-state index in [0.29, 0.717) is 34.0 Å². The van der Waals surface area contributed by atoms with E-state index in [2.05, 4.69) is 9.71 Å². The van der Waals surface area contributed by atoms with Gasteiger partial charge in [-0.05, 0) is 82.6 Å². The van der Waals surface area contributed by atoms with Crippen molar-refractivity contribution in [2.45, 2.75) is 57.5 Å². The molecule has 1 N–H and O–H groups in total. The average Bonchev–Trinajstić information content (AvgIpc) is 3.42. The molecule has 4 aromatic rings. The molecule has 0 spiro atoms. The minimum Gasteiger partial charge on any atom is -0.339 e. The number of carbonyl (C=O) groups excluding carboxylic acids is 2. The maximum atomic E-state index is 14.4. The van der Waals surface area contributed by atoms with Gasteiger partial charge in [-0.3, -0.25) is 14.5 Å². The summed E-state index contributed by atoms with van der Waals surface area (Å²) in [6.07, 6.45) is -4.69. The molecule has 3 aromatic carbocycles. The Balaban J connectivity index is 1.76. The van der Waals surface area contributed by atoms with Gasteiger partial charge < -0.3 is 5.32 Å². The van der Waals surface area contributed by atoms with Crippen molar-refractivity contribution in [3.8, 4) is 5.69 Å². The van der Waals surface area contributed by atoms with Crippen molar-refractivity contribution >= 4 is 34.3 Å². The van der Waals surface area contributed by atoms with Crippen LogP contribution in [0.15, 0.2) is 83.3 Å². The van der Waals surface area contributed by atoms with Crippen LogP contribution in [-0.2, 0) is 22.0 Å². The molecule has 1 aliphatic heterocycles. The van der Waals surface area contributed by atoms with Gasteiger partial charge in [0.05, 0.1) is 21.7 Å². The van der Waals surface area contributed by atoms with Gasteiger partial charge in [-0.2, -0.15) is 22.7 Å². The molecular formula is C34H33F4N5O3S. The summed E-state index contributed by atoms with van der Waals surface area (Å²) in [5.74, 6) is -2.61. The van der Waals surface area contributed by atoms with Crippen molar-refractivity contribution in [3.63, 3.8) is 0 Å². The third-order valence-corrected chi connectivity index (χ3v) is 9.19. The van der Waals surface area contributed by atoms with Crippen LogP contribution in [0.1, 0.15) is 73.3 Å². The summed E-state index contributed by atoms with van der Waals surface area (Å²) in [4.78, 5) is 29.4. The summed E-state index contributed by atoms with van der Waals surface area (Å²) in [7, 11) is -1.69. The lowest BCUT2D eigenvalue weighted by molar-refractivity contribution is -0.137. The van der Waals surface area contributed by atoms with Gasteiger partial charge in [-0.15, -0.1) is 0 Å². The summed E-state index contributed by atoms with van der Waals surface area (Å²) in [5.41, 5.74) is 0.767. The standard InChI is InChI=1S/C34H33F4N5O3S/c1-6-42-31-27(28(20(2)41-47(46)33(3,4)5)40-43(31)25-13-8-7-9-14-25)26(21-15-17-24(35)18-16-21)29(32(42)45)39-30(44)22-11-10-12-23(19-22)34(36,37)38/h7-19,26,29H,6H2,1-5H3,(H,39,44)/b41-20+/t26-,29-,47+/m1/s1. The van der Waals surface area contributed by atoms with Gasteiger partial charge >= 0.3 is 6.18 Å². The molecule has 0 aliphatic carbocycles. The summed E-state index contributed by atoms with van der Waals surface area (Å²) in [6, 6.07) is 17.0. The second-order valence-corrected chi connectivity index (χ2v) is 13.9. The normalized spacial score (nSPS) is 17.8. The minimum atomic E-state index is -4.69. The zero-order valence-electron chi connectivity index (χ0n) is 26.3. The quantitative estimate of drug-likeness (QED) is 0.178. The Morgan fingerprint density at radius 3 is 2.26 bits per heavy atom. The number of nitrogens with zero attached hydrogens (tertiary/aromatic N) is 4. The van der Waals surface area contributed by atoms with E-state index in [1.807, 2.05) is 6.07 Å². The van der Waals surface area contributed by atoms with Crippen LogP contribution in [0.4, 0.5) is 23.4 Å². The molecule has 3 atom stereocenters. The predicted octanol–water partition coefficient (Wildman–Crippen LogP) is 6.60. The number of hydrogen-bond donors (Lipinski definition) is 1. The van der Waals surface area contributed by atoms with E-state index in [-0.39, 0.29) is 12.1 Å². The second-order valence-electron chi connectivity index (χ2n) is 12.0. The topological polar surface area (TPSA) is 96.7 Å². The molecule has 0 radical (unpaired) electrons. The van der Waals surface area contributed by atoms with Crippen LogP contribution < -0.4 is 10.2 Å². The van der Waals surface area contributed by atoms with Crippen LogP contribution in [0.3, 0.4) is 0 Å². The summed E-state index contributed by atoms with van der Waals surface area (Å²) < 4.78 is 73.2. The molecule has 13 heteroatoms. The first-order valence-corrected chi connectivity index (χ1v) is 15.9. The molecule has 5 rings (SSSR count). The number of alkyl halides is 3. The summed E-state index contributed by atoms with van der Waals surface area (Å²) in [5, 5.41) is 7.56. The maximum Gasteiger partial charge on any atom is 0.416 e. The number of halogens is 4. The Hall–Kier alpha value is -4.65. The molecule has 1 aromatic heterocycles. The molecule has 0 bridgehead atoms. The highest BCUT2D eigenvalue weighted by Gasteiger charge is 2.47. The van der Waals surface area contributed by atoms with Gasteiger partial charge in [0.2, 0.25) is 0 Å². The molecule has 2 heterocycles. The van der Waals surface area contributed by atoms with Crippen molar-refractivity contribution < 1.29 is 31.4 Å². The highest BCUT2D eigenvalue weighted by molar-refractivity contribution is 7.85. The molecule has 2 amide bonds. The molecule has 246 valence electrons. The third-order valence-electron chi connectivity index (χ3n) is 7.70. The number of fused-ring (bicyclic) bond motifs is 1. The zero-order chi connectivity index (χ0) is 34.3. The summed E-state index contributed by atoms with van der Waals surface area (Å²) >= 11 is 0. The van der Waals surface area contributed by atoms with Crippen molar-refractivity contribution in [2.75, 3.05) is 11.4 Å². The number of rotatable bonds is 7. The van der Waals surface area contributed by atoms with Gasteiger partial charge in [0.1, 0.15) is 34.4 Å². The Kier molecular flexibility index (Phi) is 9.22. The summed E-state index contributed by atoms with van der Waals surface area (Å²) in [6.45, 7) is 8.84.